The van der Waals surface area contributed by atoms with E-state index in [1.165, 1.54) is 4.90 Å². The lowest BCUT2D eigenvalue weighted by Gasteiger charge is -2.38. The number of carbonyl (C=O) groups is 4. The summed E-state index contributed by atoms with van der Waals surface area (Å²) in [6, 6.07) is 0. The summed E-state index contributed by atoms with van der Waals surface area (Å²) in [4.78, 5) is 56.8. The van der Waals surface area contributed by atoms with Gasteiger partial charge in [0.25, 0.3) is 0 Å². The number of hydrogen-bond acceptors (Lipinski definition) is 6. The molecule has 1 N–H and O–H groups in total. The molecule has 1 aliphatic rings. The van der Waals surface area contributed by atoms with Gasteiger partial charge in [0.1, 0.15) is 0 Å². The Labute approximate surface area is 201 Å². The zero-order valence-corrected chi connectivity index (χ0v) is 21.4. The van der Waals surface area contributed by atoms with Gasteiger partial charge in [0.05, 0.1) is 36.6 Å². The van der Waals surface area contributed by atoms with Gasteiger partial charge in [0.15, 0.2) is 0 Å². The molecule has 0 saturated carbocycles. The number of carboxylic acid groups (broad SMARTS) is 1. The molecule has 2 amide bonds. The van der Waals surface area contributed by atoms with Gasteiger partial charge in [-0.05, 0) is 30.6 Å². The first kappa shape index (κ1) is 27.5. The Bertz CT molecular complexity index is 887. The van der Waals surface area contributed by atoms with E-state index in [1.807, 2.05) is 31.5 Å². The SMILES string of the molecule is CCOC(=O)C(C)C(C(=O)O)C(C)(C)CC1C(=O)N(CCCn2ccnc2)C(=O)C1C(C)(C)C. The first-order chi connectivity index (χ1) is 15.7. The standard InChI is InChI=1S/C25H39N3O6/c1-8-34-23(33)16(2)18(22(31)32)25(6,7)14-17-19(24(3,4)5)21(30)28(20(17)29)12-9-11-27-13-10-26-15-27/h10,13,15-19H,8-9,11-12,14H2,1-7H3,(H,31,32). The maximum atomic E-state index is 13.5. The summed E-state index contributed by atoms with van der Waals surface area (Å²) in [6.45, 7) is 13.6. The van der Waals surface area contributed by atoms with Gasteiger partial charge in [-0.3, -0.25) is 24.1 Å². The molecule has 4 atom stereocenters. The van der Waals surface area contributed by atoms with Gasteiger partial charge in [0.2, 0.25) is 11.8 Å². The lowest BCUT2D eigenvalue weighted by atomic mass is 9.63. The minimum absolute atomic E-state index is 0.158. The van der Waals surface area contributed by atoms with Crippen molar-refractivity contribution in [1.29, 1.82) is 0 Å². The van der Waals surface area contributed by atoms with Crippen LogP contribution in [0.5, 0.6) is 0 Å². The summed E-state index contributed by atoms with van der Waals surface area (Å²) >= 11 is 0. The van der Waals surface area contributed by atoms with Crippen LogP contribution in [0.15, 0.2) is 18.7 Å². The summed E-state index contributed by atoms with van der Waals surface area (Å²) in [5.41, 5.74) is -1.42. The van der Waals surface area contributed by atoms with E-state index in [4.69, 9.17) is 4.74 Å². The molecule has 9 heteroatoms. The lowest BCUT2D eigenvalue weighted by Crippen LogP contribution is -2.43. The molecule has 2 rings (SSSR count). The van der Waals surface area contributed by atoms with Crippen LogP contribution in [0.1, 0.15) is 61.3 Å². The molecule has 1 aliphatic heterocycles. The zero-order valence-electron chi connectivity index (χ0n) is 21.4. The third-order valence-electron chi connectivity index (χ3n) is 6.82. The summed E-state index contributed by atoms with van der Waals surface area (Å²) in [7, 11) is 0. The van der Waals surface area contributed by atoms with Crippen LogP contribution in [0, 0.1) is 34.5 Å². The summed E-state index contributed by atoms with van der Waals surface area (Å²) in [6.07, 6.45) is 5.97. The molecule has 1 aromatic rings. The fraction of sp³-hybridized carbons (Fsp3) is 0.720. The van der Waals surface area contributed by atoms with Gasteiger partial charge in [-0.25, -0.2) is 4.98 Å². The van der Waals surface area contributed by atoms with Crippen molar-refractivity contribution < 1.29 is 29.0 Å². The number of nitrogens with zero attached hydrogens (tertiary/aromatic N) is 3. The minimum atomic E-state index is -1.12. The highest BCUT2D eigenvalue weighted by Gasteiger charge is 2.55. The van der Waals surface area contributed by atoms with E-state index in [0.717, 1.165) is 0 Å². The maximum Gasteiger partial charge on any atom is 0.309 e. The molecular weight excluding hydrogens is 438 g/mol. The van der Waals surface area contributed by atoms with Crippen LogP contribution in [-0.2, 0) is 30.5 Å². The lowest BCUT2D eigenvalue weighted by molar-refractivity contribution is -0.162. The Kier molecular flexibility index (Phi) is 8.66. The van der Waals surface area contributed by atoms with Crippen molar-refractivity contribution in [3.8, 4) is 0 Å². The Hall–Kier alpha value is -2.71. The molecule has 9 nitrogen and oxygen atoms in total. The number of rotatable bonds is 11. The summed E-state index contributed by atoms with van der Waals surface area (Å²) in [5.74, 6) is -5.36. The van der Waals surface area contributed by atoms with Crippen LogP contribution < -0.4 is 0 Å². The highest BCUT2D eigenvalue weighted by molar-refractivity contribution is 6.05. The van der Waals surface area contributed by atoms with Crippen molar-refractivity contribution >= 4 is 23.8 Å². The van der Waals surface area contributed by atoms with E-state index < -0.39 is 46.4 Å². The number of aromatic nitrogens is 2. The van der Waals surface area contributed by atoms with Crippen molar-refractivity contribution in [2.24, 2.45) is 34.5 Å². The second kappa shape index (κ2) is 10.7. The normalized spacial score (nSPS) is 21.0. The average Bonchev–Trinajstić information content (AvgIpc) is 3.29. The van der Waals surface area contributed by atoms with Gasteiger partial charge >= 0.3 is 11.9 Å². The number of aliphatic carboxylic acids is 1. The van der Waals surface area contributed by atoms with Crippen LogP contribution in [0.4, 0.5) is 0 Å². The predicted molar refractivity (Wildman–Crippen MR) is 125 cm³/mol. The molecule has 1 fully saturated rings. The molecule has 2 heterocycles. The number of amides is 2. The summed E-state index contributed by atoms with van der Waals surface area (Å²) < 4.78 is 6.96. The third-order valence-corrected chi connectivity index (χ3v) is 6.82. The van der Waals surface area contributed by atoms with Crippen LogP contribution in [0.3, 0.4) is 0 Å². The molecule has 0 aromatic carbocycles. The van der Waals surface area contributed by atoms with E-state index in [1.54, 1.807) is 40.2 Å². The maximum absolute atomic E-state index is 13.5. The van der Waals surface area contributed by atoms with Crippen LogP contribution in [0.2, 0.25) is 0 Å². The molecule has 34 heavy (non-hydrogen) atoms. The molecule has 1 saturated heterocycles. The van der Waals surface area contributed by atoms with Crippen molar-refractivity contribution in [1.82, 2.24) is 14.5 Å². The first-order valence-corrected chi connectivity index (χ1v) is 11.9. The topological polar surface area (TPSA) is 119 Å². The first-order valence-electron chi connectivity index (χ1n) is 11.9. The van der Waals surface area contributed by atoms with Gasteiger partial charge in [-0.15, -0.1) is 0 Å². The highest BCUT2D eigenvalue weighted by Crippen LogP contribution is 2.48. The molecule has 190 valence electrons. The molecule has 0 radical (unpaired) electrons. The number of likely N-dealkylation sites (tertiary alicyclic amines) is 1. The smallest absolute Gasteiger partial charge is 0.309 e. The van der Waals surface area contributed by atoms with E-state index in [0.29, 0.717) is 19.5 Å². The van der Waals surface area contributed by atoms with Gasteiger partial charge in [-0.2, -0.15) is 0 Å². The number of carboxylic acids is 1. The largest absolute Gasteiger partial charge is 0.481 e. The summed E-state index contributed by atoms with van der Waals surface area (Å²) in [5, 5.41) is 10.00. The monoisotopic (exact) mass is 477 g/mol. The van der Waals surface area contributed by atoms with Crippen LogP contribution in [0.25, 0.3) is 0 Å². The molecule has 0 aliphatic carbocycles. The quantitative estimate of drug-likeness (QED) is 0.384. The molecule has 0 spiro atoms. The Morgan fingerprint density at radius 1 is 1.15 bits per heavy atom. The number of imidazole rings is 1. The third kappa shape index (κ3) is 6.04. The number of imide groups is 1. The van der Waals surface area contributed by atoms with Crippen molar-refractivity contribution in [3.63, 3.8) is 0 Å². The number of esters is 1. The number of ether oxygens (including phenoxy) is 1. The fourth-order valence-corrected chi connectivity index (χ4v) is 5.35. The number of hydrogen-bond donors (Lipinski definition) is 1. The van der Waals surface area contributed by atoms with Gasteiger partial charge < -0.3 is 14.4 Å². The van der Waals surface area contributed by atoms with E-state index >= 15 is 0 Å². The molecule has 1 aromatic heterocycles. The van der Waals surface area contributed by atoms with E-state index in [2.05, 4.69) is 4.98 Å². The second-order valence-corrected chi connectivity index (χ2v) is 11.0. The Morgan fingerprint density at radius 3 is 2.29 bits per heavy atom. The fourth-order valence-electron chi connectivity index (χ4n) is 5.35. The van der Waals surface area contributed by atoms with Crippen molar-refractivity contribution in [2.75, 3.05) is 13.2 Å². The number of aryl methyl sites for hydroxylation is 1. The number of carbonyl (C=O) groups excluding carboxylic acids is 3. The average molecular weight is 478 g/mol. The second-order valence-electron chi connectivity index (χ2n) is 11.0. The molecular formula is C25H39N3O6. The van der Waals surface area contributed by atoms with Crippen LogP contribution in [-0.4, -0.2) is 56.5 Å². The Morgan fingerprint density at radius 2 is 1.79 bits per heavy atom. The van der Waals surface area contributed by atoms with Crippen LogP contribution >= 0.6 is 0 Å². The van der Waals surface area contributed by atoms with E-state index in [-0.39, 0.29) is 24.8 Å². The molecule has 0 bridgehead atoms. The van der Waals surface area contributed by atoms with E-state index in [9.17, 15) is 24.3 Å². The zero-order chi connectivity index (χ0) is 25.8. The van der Waals surface area contributed by atoms with Gasteiger partial charge in [-0.1, -0.05) is 41.5 Å². The predicted octanol–water partition coefficient (Wildman–Crippen LogP) is 3.24. The highest BCUT2D eigenvalue weighted by atomic mass is 16.5. The Balaban J connectivity index is 2.28. The van der Waals surface area contributed by atoms with Crippen molar-refractivity contribution in [3.05, 3.63) is 18.7 Å². The molecule has 4 unspecified atom stereocenters. The van der Waals surface area contributed by atoms with Crippen molar-refractivity contribution in [2.45, 2.75) is 67.9 Å². The van der Waals surface area contributed by atoms with Gasteiger partial charge in [0, 0.05) is 25.5 Å². The minimum Gasteiger partial charge on any atom is -0.481 e.